The first-order valence-electron chi connectivity index (χ1n) is 11.5. The van der Waals surface area contributed by atoms with Crippen molar-refractivity contribution in [2.24, 2.45) is 0 Å². The molecule has 0 radical (unpaired) electrons. The highest BCUT2D eigenvalue weighted by Crippen LogP contribution is 2.42. The summed E-state index contributed by atoms with van der Waals surface area (Å²) in [5.41, 5.74) is 6.02. The van der Waals surface area contributed by atoms with Gasteiger partial charge in [-0.25, -0.2) is 0 Å². The maximum Gasteiger partial charge on any atom is 0.123 e. The molecule has 0 atom stereocenters. The number of aromatic hydroxyl groups is 2. The lowest BCUT2D eigenvalue weighted by atomic mass is 9.75. The van der Waals surface area contributed by atoms with E-state index in [0.717, 1.165) is 23.1 Å². The van der Waals surface area contributed by atoms with Crippen LogP contribution in [0.2, 0.25) is 0 Å². The van der Waals surface area contributed by atoms with Gasteiger partial charge in [0, 0.05) is 0 Å². The summed E-state index contributed by atoms with van der Waals surface area (Å²) in [6, 6.07) is 8.49. The van der Waals surface area contributed by atoms with E-state index < -0.39 is 0 Å². The summed E-state index contributed by atoms with van der Waals surface area (Å²) in [5.74, 6) is 0.790. The second-order valence-electron chi connectivity index (χ2n) is 13.2. The van der Waals surface area contributed by atoms with Crippen LogP contribution in [0.5, 0.6) is 11.5 Å². The second-order valence-corrected chi connectivity index (χ2v) is 13.2. The molecule has 0 saturated carbocycles. The Balaban J connectivity index is 2.78. The molecule has 0 aliphatic heterocycles. The van der Waals surface area contributed by atoms with Crippen LogP contribution in [0, 0.1) is 0 Å². The molecule has 0 fully saturated rings. The Kier molecular flexibility index (Phi) is 6.42. The van der Waals surface area contributed by atoms with E-state index in [0.29, 0.717) is 11.5 Å². The monoisotopic (exact) mass is 424 g/mol. The van der Waals surface area contributed by atoms with Crippen LogP contribution in [0.15, 0.2) is 24.3 Å². The number of hydrogen-bond acceptors (Lipinski definition) is 2. The van der Waals surface area contributed by atoms with Crippen LogP contribution in [-0.4, -0.2) is 10.2 Å². The summed E-state index contributed by atoms with van der Waals surface area (Å²) in [5, 5.41) is 21.9. The average Bonchev–Trinajstić information content (AvgIpc) is 2.53. The molecule has 172 valence electrons. The van der Waals surface area contributed by atoms with Gasteiger partial charge in [-0.2, -0.15) is 0 Å². The van der Waals surface area contributed by atoms with Crippen molar-refractivity contribution < 1.29 is 10.2 Å². The fourth-order valence-corrected chi connectivity index (χ4v) is 4.24. The second kappa shape index (κ2) is 7.87. The Morgan fingerprint density at radius 3 is 1.26 bits per heavy atom. The average molecular weight is 425 g/mol. The Bertz CT molecular complexity index is 917. The summed E-state index contributed by atoms with van der Waals surface area (Å²) in [7, 11) is 0. The predicted octanol–water partition coefficient (Wildman–Crippen LogP) is 7.88. The summed E-state index contributed by atoms with van der Waals surface area (Å²) in [6.45, 7) is 25.9. The van der Waals surface area contributed by atoms with Gasteiger partial charge in [-0.1, -0.05) is 101 Å². The van der Waals surface area contributed by atoms with Crippen molar-refractivity contribution in [2.45, 2.75) is 111 Å². The lowest BCUT2D eigenvalue weighted by Crippen LogP contribution is -2.19. The molecular formula is C29H44O2. The first-order chi connectivity index (χ1) is 13.7. The molecule has 0 amide bonds. The van der Waals surface area contributed by atoms with Crippen molar-refractivity contribution in [3.63, 3.8) is 0 Å². The molecule has 0 unspecified atom stereocenters. The van der Waals surface area contributed by atoms with Crippen LogP contribution in [-0.2, 0) is 28.1 Å². The van der Waals surface area contributed by atoms with Gasteiger partial charge in [0.2, 0.25) is 0 Å². The molecule has 2 N–H and O–H groups in total. The lowest BCUT2D eigenvalue weighted by molar-refractivity contribution is 0.423. The number of phenols is 2. The van der Waals surface area contributed by atoms with Crippen LogP contribution in [0.1, 0.15) is 116 Å². The van der Waals surface area contributed by atoms with Crippen LogP contribution >= 0.6 is 0 Å². The van der Waals surface area contributed by atoms with E-state index in [-0.39, 0.29) is 21.7 Å². The van der Waals surface area contributed by atoms with E-state index in [1.807, 2.05) is 6.07 Å². The van der Waals surface area contributed by atoms with E-state index in [2.05, 4.69) is 101 Å². The summed E-state index contributed by atoms with van der Waals surface area (Å²) in [6.07, 6.45) is 0.766. The summed E-state index contributed by atoms with van der Waals surface area (Å²) >= 11 is 0. The van der Waals surface area contributed by atoms with Crippen molar-refractivity contribution in [3.05, 3.63) is 57.6 Å². The molecule has 2 rings (SSSR count). The molecular weight excluding hydrogens is 380 g/mol. The predicted molar refractivity (Wildman–Crippen MR) is 134 cm³/mol. The smallest absolute Gasteiger partial charge is 0.123 e. The van der Waals surface area contributed by atoms with Crippen molar-refractivity contribution in [1.82, 2.24) is 0 Å². The fourth-order valence-electron chi connectivity index (χ4n) is 4.24. The molecule has 0 spiro atoms. The van der Waals surface area contributed by atoms with Crippen LogP contribution in [0.3, 0.4) is 0 Å². The van der Waals surface area contributed by atoms with Crippen molar-refractivity contribution in [3.8, 4) is 11.5 Å². The van der Waals surface area contributed by atoms with Crippen LogP contribution in [0.4, 0.5) is 0 Å². The molecule has 2 heteroatoms. The number of benzene rings is 2. The van der Waals surface area contributed by atoms with Gasteiger partial charge in [0.05, 0.1) is 0 Å². The maximum absolute atomic E-state index is 11.1. The maximum atomic E-state index is 11.1. The fraction of sp³-hybridized carbons (Fsp3) is 0.586. The third-order valence-electron chi connectivity index (χ3n) is 6.02. The SMILES string of the molecule is CC(C)(C)c1cc(Cc2cc(C(C)(C)C)c(O)c(C(C)(C)C)c2)c(C(C)(C)C)cc1O. The first-order valence-corrected chi connectivity index (χ1v) is 11.5. The molecule has 2 aromatic carbocycles. The zero-order valence-electron chi connectivity index (χ0n) is 21.9. The van der Waals surface area contributed by atoms with Crippen molar-refractivity contribution >= 4 is 0 Å². The van der Waals surface area contributed by atoms with E-state index in [4.69, 9.17) is 0 Å². The van der Waals surface area contributed by atoms with Gasteiger partial charge in [0.25, 0.3) is 0 Å². The minimum atomic E-state index is -0.154. The number of phenolic OH excluding ortho intramolecular Hbond substituents is 2. The van der Waals surface area contributed by atoms with Gasteiger partial charge in [0.15, 0.2) is 0 Å². The van der Waals surface area contributed by atoms with Crippen LogP contribution in [0.25, 0.3) is 0 Å². The number of hydrogen-bond donors (Lipinski definition) is 2. The van der Waals surface area contributed by atoms with E-state index in [9.17, 15) is 10.2 Å². The lowest BCUT2D eigenvalue weighted by Gasteiger charge is -2.30. The zero-order chi connectivity index (χ0) is 24.2. The Hall–Kier alpha value is -1.96. The van der Waals surface area contributed by atoms with Gasteiger partial charge in [-0.15, -0.1) is 0 Å². The molecule has 0 aliphatic carbocycles. The third kappa shape index (κ3) is 5.64. The third-order valence-corrected chi connectivity index (χ3v) is 6.02. The Morgan fingerprint density at radius 1 is 0.516 bits per heavy atom. The molecule has 0 aliphatic rings. The largest absolute Gasteiger partial charge is 0.508 e. The number of rotatable bonds is 2. The van der Waals surface area contributed by atoms with E-state index in [1.165, 1.54) is 16.7 Å². The quantitative estimate of drug-likeness (QED) is 0.515. The van der Waals surface area contributed by atoms with Crippen molar-refractivity contribution in [2.75, 3.05) is 0 Å². The minimum Gasteiger partial charge on any atom is -0.508 e. The normalized spacial score (nSPS) is 13.5. The van der Waals surface area contributed by atoms with Gasteiger partial charge < -0.3 is 10.2 Å². The Labute approximate surface area is 190 Å². The molecule has 31 heavy (non-hydrogen) atoms. The zero-order valence-corrected chi connectivity index (χ0v) is 21.9. The minimum absolute atomic E-state index is 0.0835. The van der Waals surface area contributed by atoms with E-state index >= 15 is 0 Å². The topological polar surface area (TPSA) is 40.5 Å². The van der Waals surface area contributed by atoms with Gasteiger partial charge in [-0.3, -0.25) is 0 Å². The highest BCUT2D eigenvalue weighted by molar-refractivity contribution is 5.53. The Morgan fingerprint density at radius 2 is 0.903 bits per heavy atom. The molecule has 2 nitrogen and oxygen atoms in total. The standard InChI is InChI=1S/C29H44O2/c1-26(2,3)20-17-24(30)21(27(4,5)6)16-19(20)13-18-14-22(28(7,8)9)25(31)23(15-18)29(10,11)12/h14-17,30-31H,13H2,1-12H3. The molecule has 0 saturated heterocycles. The first kappa shape index (κ1) is 25.3. The summed E-state index contributed by atoms with van der Waals surface area (Å²) < 4.78 is 0. The van der Waals surface area contributed by atoms with Gasteiger partial charge in [-0.05, 0) is 67.5 Å². The van der Waals surface area contributed by atoms with E-state index in [1.54, 1.807) is 0 Å². The molecule has 2 aromatic rings. The van der Waals surface area contributed by atoms with Crippen molar-refractivity contribution in [1.29, 1.82) is 0 Å². The van der Waals surface area contributed by atoms with Gasteiger partial charge in [0.1, 0.15) is 11.5 Å². The van der Waals surface area contributed by atoms with Gasteiger partial charge >= 0.3 is 0 Å². The van der Waals surface area contributed by atoms with Crippen LogP contribution < -0.4 is 0 Å². The molecule has 0 bridgehead atoms. The highest BCUT2D eigenvalue weighted by atomic mass is 16.3. The molecule has 0 aromatic heterocycles. The molecule has 0 heterocycles. The highest BCUT2D eigenvalue weighted by Gasteiger charge is 2.28. The summed E-state index contributed by atoms with van der Waals surface area (Å²) in [4.78, 5) is 0.